The number of aryl methyl sites for hydroxylation is 1. The maximum atomic E-state index is 17.8. The number of alkyl halides is 1. The van der Waals surface area contributed by atoms with Crippen LogP contribution in [0.2, 0.25) is 5.04 Å². The minimum absolute atomic E-state index is 0.0369. The molecule has 0 saturated carbocycles. The molecule has 0 spiro atoms. The molecule has 10 nitrogen and oxygen atoms in total. The fourth-order valence-electron chi connectivity index (χ4n) is 10.2. The van der Waals surface area contributed by atoms with Gasteiger partial charge in [0.1, 0.15) is 53.4 Å². The van der Waals surface area contributed by atoms with Crippen molar-refractivity contribution in [3.8, 4) is 28.9 Å². The van der Waals surface area contributed by atoms with Crippen molar-refractivity contribution in [2.45, 2.75) is 70.1 Å². The van der Waals surface area contributed by atoms with Crippen molar-refractivity contribution in [3.05, 3.63) is 102 Å². The van der Waals surface area contributed by atoms with Gasteiger partial charge >= 0.3 is 6.01 Å². The van der Waals surface area contributed by atoms with Gasteiger partial charge < -0.3 is 28.3 Å². The van der Waals surface area contributed by atoms with Crippen molar-refractivity contribution < 1.29 is 36.5 Å². The SMILES string of the molecule is CCc1c(F)ccc2cc(OCOC)cc(-c3nc4c5c(nc(OC[C@@]67CCCN6C[C@H](F)C7)nc5c3F)N(CCO[Si](c3ccccc3)(c3ccccc3)C(C)(C)C)CCO4)c12. The number of fused-ring (bicyclic) bond motifs is 2. The summed E-state index contributed by atoms with van der Waals surface area (Å²) in [6.07, 6.45) is 1.46. The zero-order chi connectivity index (χ0) is 43.9. The smallest absolute Gasteiger partial charge is 0.319 e. The number of aromatic nitrogens is 3. The third-order valence-electron chi connectivity index (χ3n) is 13.0. The fourth-order valence-corrected chi connectivity index (χ4v) is 14.8. The van der Waals surface area contributed by atoms with E-state index >= 15 is 8.78 Å². The molecule has 330 valence electrons. The molecule has 0 N–H and O–H groups in total. The molecule has 0 aliphatic carbocycles. The van der Waals surface area contributed by atoms with Gasteiger partial charge in [-0.3, -0.25) is 4.90 Å². The maximum Gasteiger partial charge on any atom is 0.319 e. The van der Waals surface area contributed by atoms with Gasteiger partial charge in [0.05, 0.1) is 18.7 Å². The van der Waals surface area contributed by atoms with Gasteiger partial charge in [-0.2, -0.15) is 9.97 Å². The molecule has 2 saturated heterocycles. The van der Waals surface area contributed by atoms with E-state index in [2.05, 4.69) is 74.2 Å². The molecular formula is C49H54F3N5O5Si. The highest BCUT2D eigenvalue weighted by Crippen LogP contribution is 2.45. The molecule has 6 aromatic rings. The van der Waals surface area contributed by atoms with E-state index in [1.165, 1.54) is 13.2 Å². The zero-order valence-electron chi connectivity index (χ0n) is 36.6. The Labute approximate surface area is 367 Å². The standard InChI is InChI=1S/C49H54F3N5O5Si/c1-6-37-39(51)19-18-32-26-34(61-31-58-5)27-38(40(32)37)43-42(52)44-41-45(55-47(54-44)60-30-49-20-13-21-57(49)29-33(50)28-49)56(22-24-59-46(41)53-43)23-25-62-63(48(2,3)4,35-14-9-7-10-15-35)36-16-11-8-12-17-36/h7-12,14-19,26-27,33H,6,13,20-25,28-31H2,1-5H3/t33-,49+/m1/s1. The van der Waals surface area contributed by atoms with Crippen molar-refractivity contribution in [2.75, 3.05) is 64.8 Å². The van der Waals surface area contributed by atoms with E-state index in [1.54, 1.807) is 18.2 Å². The van der Waals surface area contributed by atoms with Crippen LogP contribution in [0.5, 0.6) is 17.6 Å². The Bertz CT molecular complexity index is 2580. The Morgan fingerprint density at radius 1 is 0.905 bits per heavy atom. The molecule has 14 heteroatoms. The Morgan fingerprint density at radius 2 is 1.65 bits per heavy atom. The fraction of sp³-hybridized carbons (Fsp3) is 0.408. The summed E-state index contributed by atoms with van der Waals surface area (Å²) in [6.45, 7) is 11.1. The van der Waals surface area contributed by atoms with Crippen LogP contribution in [0.15, 0.2) is 84.9 Å². The molecule has 2 aromatic heterocycles. The Balaban J connectivity index is 1.17. The summed E-state index contributed by atoms with van der Waals surface area (Å²) in [7, 11) is -1.40. The summed E-state index contributed by atoms with van der Waals surface area (Å²) < 4.78 is 79.4. The van der Waals surface area contributed by atoms with Gasteiger partial charge in [0.2, 0.25) is 5.88 Å². The molecular weight excluding hydrogens is 824 g/mol. The molecule has 2 atom stereocenters. The lowest BCUT2D eigenvalue weighted by atomic mass is 9.94. The maximum absolute atomic E-state index is 17.8. The average Bonchev–Trinajstić information content (AvgIpc) is 3.75. The second-order valence-corrected chi connectivity index (χ2v) is 22.1. The van der Waals surface area contributed by atoms with Crippen LogP contribution in [0.25, 0.3) is 32.9 Å². The van der Waals surface area contributed by atoms with E-state index in [0.717, 1.165) is 29.8 Å². The molecule has 0 unspecified atom stereocenters. The molecule has 0 amide bonds. The van der Waals surface area contributed by atoms with Gasteiger partial charge in [0.15, 0.2) is 12.6 Å². The molecule has 0 bridgehead atoms. The van der Waals surface area contributed by atoms with Crippen LogP contribution in [0, 0.1) is 11.6 Å². The van der Waals surface area contributed by atoms with Crippen molar-refractivity contribution in [2.24, 2.45) is 0 Å². The first-order chi connectivity index (χ1) is 30.5. The highest BCUT2D eigenvalue weighted by Gasteiger charge is 2.51. The topological polar surface area (TPSA) is 91.3 Å². The molecule has 3 aliphatic rings. The Kier molecular flexibility index (Phi) is 11.8. The number of hydrogen-bond acceptors (Lipinski definition) is 10. The Hall–Kier alpha value is -5.28. The third kappa shape index (κ3) is 7.78. The highest BCUT2D eigenvalue weighted by molar-refractivity contribution is 6.99. The number of anilines is 1. The minimum Gasteiger partial charge on any atom is -0.475 e. The van der Waals surface area contributed by atoms with Crippen LogP contribution < -0.4 is 29.5 Å². The van der Waals surface area contributed by atoms with Gasteiger partial charge in [-0.05, 0) is 75.8 Å². The van der Waals surface area contributed by atoms with Gasteiger partial charge in [0, 0.05) is 32.2 Å². The average molecular weight is 878 g/mol. The molecule has 5 heterocycles. The van der Waals surface area contributed by atoms with E-state index in [-0.39, 0.29) is 53.5 Å². The first-order valence-corrected chi connectivity index (χ1v) is 23.8. The summed E-state index contributed by atoms with van der Waals surface area (Å²) in [4.78, 5) is 18.8. The first-order valence-electron chi connectivity index (χ1n) is 21.9. The molecule has 9 rings (SSSR count). The van der Waals surface area contributed by atoms with Gasteiger partial charge in [-0.25, -0.2) is 18.2 Å². The van der Waals surface area contributed by atoms with E-state index in [0.29, 0.717) is 72.5 Å². The van der Waals surface area contributed by atoms with Crippen LogP contribution in [0.1, 0.15) is 52.5 Å². The number of nitrogens with zero attached hydrogens (tertiary/aromatic N) is 5. The normalized spacial score (nSPS) is 19.0. The number of benzene rings is 4. The number of halogens is 3. The number of hydrogen-bond donors (Lipinski definition) is 0. The molecule has 3 aliphatic heterocycles. The Morgan fingerprint density at radius 3 is 2.35 bits per heavy atom. The van der Waals surface area contributed by atoms with Crippen LogP contribution in [-0.2, 0) is 15.6 Å². The minimum atomic E-state index is -2.91. The molecule has 0 radical (unpaired) electrons. The van der Waals surface area contributed by atoms with E-state index in [4.69, 9.17) is 38.3 Å². The lowest BCUT2D eigenvalue weighted by Crippen LogP contribution is -2.67. The van der Waals surface area contributed by atoms with E-state index in [1.807, 2.05) is 24.0 Å². The lowest BCUT2D eigenvalue weighted by Gasteiger charge is -2.43. The highest BCUT2D eigenvalue weighted by atomic mass is 28.4. The number of rotatable bonds is 14. The van der Waals surface area contributed by atoms with Crippen molar-refractivity contribution >= 4 is 46.2 Å². The van der Waals surface area contributed by atoms with Crippen LogP contribution in [0.3, 0.4) is 0 Å². The summed E-state index contributed by atoms with van der Waals surface area (Å²) in [5, 5.41) is 3.50. The number of pyridine rings is 1. The van der Waals surface area contributed by atoms with Crippen molar-refractivity contribution in [1.29, 1.82) is 0 Å². The zero-order valence-corrected chi connectivity index (χ0v) is 37.6. The third-order valence-corrected chi connectivity index (χ3v) is 18.1. The number of ether oxygens (including phenoxy) is 4. The van der Waals surface area contributed by atoms with Crippen LogP contribution in [0.4, 0.5) is 19.0 Å². The quantitative estimate of drug-likeness (QED) is 0.0786. The molecule has 4 aromatic carbocycles. The summed E-state index contributed by atoms with van der Waals surface area (Å²) >= 11 is 0. The van der Waals surface area contributed by atoms with Crippen molar-refractivity contribution in [3.63, 3.8) is 0 Å². The second-order valence-electron chi connectivity index (χ2n) is 17.8. The predicted octanol–water partition coefficient (Wildman–Crippen LogP) is 8.40. The predicted molar refractivity (Wildman–Crippen MR) is 242 cm³/mol. The van der Waals surface area contributed by atoms with Gasteiger partial charge in [-0.15, -0.1) is 0 Å². The molecule has 2 fully saturated rings. The van der Waals surface area contributed by atoms with Crippen molar-refractivity contribution in [1.82, 2.24) is 19.9 Å². The largest absolute Gasteiger partial charge is 0.475 e. The van der Waals surface area contributed by atoms with E-state index < -0.39 is 31.7 Å². The van der Waals surface area contributed by atoms with Gasteiger partial charge in [0.25, 0.3) is 8.32 Å². The second kappa shape index (κ2) is 17.4. The summed E-state index contributed by atoms with van der Waals surface area (Å²) in [5.74, 6) is -0.238. The first kappa shape index (κ1) is 43.0. The lowest BCUT2D eigenvalue weighted by molar-refractivity contribution is 0.0512. The summed E-state index contributed by atoms with van der Waals surface area (Å²) in [5.41, 5.74) is 0.0965. The van der Waals surface area contributed by atoms with Crippen LogP contribution >= 0.6 is 0 Å². The monoisotopic (exact) mass is 877 g/mol. The molecule has 63 heavy (non-hydrogen) atoms. The van der Waals surface area contributed by atoms with Gasteiger partial charge in [-0.1, -0.05) is 94.4 Å². The van der Waals surface area contributed by atoms with E-state index in [9.17, 15) is 4.39 Å². The van der Waals surface area contributed by atoms with Crippen LogP contribution in [-0.4, -0.2) is 99.8 Å². The number of methoxy groups -OCH3 is 1. The summed E-state index contributed by atoms with van der Waals surface area (Å²) in [6, 6.07) is 27.3.